The molecule has 2 rings (SSSR count). The highest BCUT2D eigenvalue weighted by Gasteiger charge is 2.14. The van der Waals surface area contributed by atoms with Gasteiger partial charge in [-0.2, -0.15) is 0 Å². The molecular formula is C22H25NO5. The molecular weight excluding hydrogens is 358 g/mol. The molecule has 6 heteroatoms. The number of benzene rings is 2. The number of aliphatic carboxylic acids is 1. The highest BCUT2D eigenvalue weighted by Crippen LogP contribution is 2.29. The molecule has 0 spiro atoms. The van der Waals surface area contributed by atoms with E-state index in [-0.39, 0.29) is 5.70 Å². The van der Waals surface area contributed by atoms with E-state index >= 15 is 0 Å². The molecule has 0 radical (unpaired) electrons. The maximum absolute atomic E-state index is 12.3. The van der Waals surface area contributed by atoms with Crippen LogP contribution in [0.2, 0.25) is 0 Å². The summed E-state index contributed by atoms with van der Waals surface area (Å²) in [7, 11) is 0. The van der Waals surface area contributed by atoms with E-state index in [9.17, 15) is 14.7 Å². The highest BCUT2D eigenvalue weighted by molar-refractivity contribution is 6.02. The molecule has 0 heterocycles. The summed E-state index contributed by atoms with van der Waals surface area (Å²) in [6, 6.07) is 13.6. The van der Waals surface area contributed by atoms with E-state index < -0.39 is 11.9 Å². The monoisotopic (exact) mass is 383 g/mol. The average molecular weight is 383 g/mol. The summed E-state index contributed by atoms with van der Waals surface area (Å²) in [4.78, 5) is 23.8. The van der Waals surface area contributed by atoms with Crippen molar-refractivity contribution >= 4 is 18.0 Å². The van der Waals surface area contributed by atoms with Crippen LogP contribution in [0.4, 0.5) is 0 Å². The van der Waals surface area contributed by atoms with E-state index in [1.165, 1.54) is 6.08 Å². The van der Waals surface area contributed by atoms with Crippen LogP contribution in [0, 0.1) is 0 Å². The van der Waals surface area contributed by atoms with Gasteiger partial charge in [-0.25, -0.2) is 4.79 Å². The van der Waals surface area contributed by atoms with Crippen LogP contribution in [0.3, 0.4) is 0 Å². The zero-order valence-corrected chi connectivity index (χ0v) is 16.1. The standard InChI is InChI=1S/C22H25NO5/c1-3-5-13-28-19-12-11-16(15-20(19)27-4-2)14-18(22(25)26)23-21(24)17-9-7-6-8-10-17/h6-12,14-15H,3-5,13H2,1-2H3,(H,23,24)(H,25,26). The second-order valence-corrected chi connectivity index (χ2v) is 6.02. The Morgan fingerprint density at radius 3 is 2.43 bits per heavy atom. The number of carbonyl (C=O) groups excluding carboxylic acids is 1. The topological polar surface area (TPSA) is 84.9 Å². The van der Waals surface area contributed by atoms with Crippen molar-refractivity contribution in [3.8, 4) is 11.5 Å². The Balaban J connectivity index is 2.24. The molecule has 0 aliphatic rings. The summed E-state index contributed by atoms with van der Waals surface area (Å²) in [5.74, 6) is -0.576. The Morgan fingerprint density at radius 2 is 1.79 bits per heavy atom. The fourth-order valence-corrected chi connectivity index (χ4v) is 2.43. The molecule has 2 N–H and O–H groups in total. The first-order chi connectivity index (χ1) is 13.5. The van der Waals surface area contributed by atoms with Gasteiger partial charge in [-0.3, -0.25) is 4.79 Å². The van der Waals surface area contributed by atoms with Gasteiger partial charge < -0.3 is 19.9 Å². The van der Waals surface area contributed by atoms with Crippen molar-refractivity contribution in [2.24, 2.45) is 0 Å². The molecule has 148 valence electrons. The van der Waals surface area contributed by atoms with Crippen molar-refractivity contribution in [3.05, 3.63) is 65.4 Å². The highest BCUT2D eigenvalue weighted by atomic mass is 16.5. The van der Waals surface area contributed by atoms with E-state index in [1.54, 1.807) is 48.5 Å². The molecule has 6 nitrogen and oxygen atoms in total. The number of carboxylic acids is 1. The summed E-state index contributed by atoms with van der Waals surface area (Å²) in [6.45, 7) is 4.98. The number of hydrogen-bond donors (Lipinski definition) is 2. The van der Waals surface area contributed by atoms with Gasteiger partial charge in [0.05, 0.1) is 13.2 Å². The molecule has 0 saturated carbocycles. The molecule has 0 aliphatic heterocycles. The SMILES string of the molecule is CCCCOc1ccc(C=C(NC(=O)c2ccccc2)C(=O)O)cc1OCC. The lowest BCUT2D eigenvalue weighted by Gasteiger charge is -2.13. The molecule has 28 heavy (non-hydrogen) atoms. The zero-order chi connectivity index (χ0) is 20.4. The van der Waals surface area contributed by atoms with Crippen LogP contribution in [-0.4, -0.2) is 30.2 Å². The predicted molar refractivity (Wildman–Crippen MR) is 108 cm³/mol. The molecule has 2 aromatic carbocycles. The minimum atomic E-state index is -1.23. The van der Waals surface area contributed by atoms with Crippen LogP contribution in [0.25, 0.3) is 6.08 Å². The maximum Gasteiger partial charge on any atom is 0.352 e. The van der Waals surface area contributed by atoms with Crippen molar-refractivity contribution in [1.82, 2.24) is 5.32 Å². The fourth-order valence-electron chi connectivity index (χ4n) is 2.43. The van der Waals surface area contributed by atoms with Crippen molar-refractivity contribution in [3.63, 3.8) is 0 Å². The maximum atomic E-state index is 12.3. The summed E-state index contributed by atoms with van der Waals surface area (Å²) in [5, 5.41) is 11.9. The molecule has 0 aliphatic carbocycles. The quantitative estimate of drug-likeness (QED) is 0.476. The number of unbranched alkanes of at least 4 members (excludes halogenated alkanes) is 1. The van der Waals surface area contributed by atoms with E-state index in [1.807, 2.05) is 6.92 Å². The molecule has 0 aromatic heterocycles. The third-order valence-corrected chi connectivity index (χ3v) is 3.85. The van der Waals surface area contributed by atoms with E-state index in [0.717, 1.165) is 12.8 Å². The van der Waals surface area contributed by atoms with Gasteiger partial charge in [0.2, 0.25) is 0 Å². The van der Waals surface area contributed by atoms with Crippen molar-refractivity contribution in [1.29, 1.82) is 0 Å². The number of carbonyl (C=O) groups is 2. The number of amides is 1. The first-order valence-corrected chi connectivity index (χ1v) is 9.26. The number of nitrogens with one attached hydrogen (secondary N) is 1. The van der Waals surface area contributed by atoms with Gasteiger partial charge in [0, 0.05) is 5.56 Å². The largest absolute Gasteiger partial charge is 0.490 e. The Kier molecular flexibility index (Phi) is 8.09. The third kappa shape index (κ3) is 6.16. The molecule has 1 amide bonds. The fraction of sp³-hybridized carbons (Fsp3) is 0.273. The lowest BCUT2D eigenvalue weighted by atomic mass is 10.1. The van der Waals surface area contributed by atoms with Gasteiger partial charge >= 0.3 is 5.97 Å². The van der Waals surface area contributed by atoms with Crippen LogP contribution in [-0.2, 0) is 4.79 Å². The zero-order valence-electron chi connectivity index (χ0n) is 16.1. The molecule has 0 fully saturated rings. The summed E-state index contributed by atoms with van der Waals surface area (Å²) in [6.07, 6.45) is 3.34. The normalized spacial score (nSPS) is 11.0. The van der Waals surface area contributed by atoms with Crippen LogP contribution >= 0.6 is 0 Å². The number of hydrogen-bond acceptors (Lipinski definition) is 4. The van der Waals surface area contributed by atoms with Gasteiger partial charge in [0.25, 0.3) is 5.91 Å². The van der Waals surface area contributed by atoms with Gasteiger partial charge in [-0.05, 0) is 49.2 Å². The number of carboxylic acid groups (broad SMARTS) is 1. The first kappa shape index (κ1) is 21.0. The predicted octanol–water partition coefficient (Wildman–Crippen LogP) is 4.12. The number of rotatable bonds is 10. The average Bonchev–Trinajstić information content (AvgIpc) is 2.70. The Labute approximate surface area is 164 Å². The third-order valence-electron chi connectivity index (χ3n) is 3.85. The van der Waals surface area contributed by atoms with Crippen LogP contribution in [0.15, 0.2) is 54.2 Å². The molecule has 0 atom stereocenters. The minimum absolute atomic E-state index is 0.226. The van der Waals surface area contributed by atoms with Gasteiger partial charge in [0.1, 0.15) is 5.70 Å². The van der Waals surface area contributed by atoms with Crippen molar-refractivity contribution in [2.75, 3.05) is 13.2 Å². The Hall–Kier alpha value is -3.28. The molecule has 0 saturated heterocycles. The second kappa shape index (κ2) is 10.8. The molecule has 0 unspecified atom stereocenters. The lowest BCUT2D eigenvalue weighted by Crippen LogP contribution is -2.27. The minimum Gasteiger partial charge on any atom is -0.490 e. The van der Waals surface area contributed by atoms with Crippen molar-refractivity contribution < 1.29 is 24.2 Å². The van der Waals surface area contributed by atoms with Crippen LogP contribution < -0.4 is 14.8 Å². The van der Waals surface area contributed by atoms with Crippen LogP contribution in [0.5, 0.6) is 11.5 Å². The lowest BCUT2D eigenvalue weighted by molar-refractivity contribution is -0.132. The van der Waals surface area contributed by atoms with Gasteiger partial charge in [0.15, 0.2) is 11.5 Å². The van der Waals surface area contributed by atoms with Crippen LogP contribution in [0.1, 0.15) is 42.6 Å². The van der Waals surface area contributed by atoms with E-state index in [4.69, 9.17) is 9.47 Å². The summed E-state index contributed by atoms with van der Waals surface area (Å²) >= 11 is 0. The Bertz CT molecular complexity index is 830. The molecule has 2 aromatic rings. The molecule has 0 bridgehead atoms. The summed E-state index contributed by atoms with van der Waals surface area (Å²) < 4.78 is 11.3. The first-order valence-electron chi connectivity index (χ1n) is 9.26. The van der Waals surface area contributed by atoms with E-state index in [2.05, 4.69) is 12.2 Å². The Morgan fingerprint density at radius 1 is 1.04 bits per heavy atom. The second-order valence-electron chi connectivity index (χ2n) is 6.02. The summed E-state index contributed by atoms with van der Waals surface area (Å²) in [5.41, 5.74) is 0.734. The smallest absolute Gasteiger partial charge is 0.352 e. The number of ether oxygens (including phenoxy) is 2. The van der Waals surface area contributed by atoms with Gasteiger partial charge in [-0.15, -0.1) is 0 Å². The van der Waals surface area contributed by atoms with E-state index in [0.29, 0.717) is 35.8 Å². The van der Waals surface area contributed by atoms with Crippen molar-refractivity contribution in [2.45, 2.75) is 26.7 Å². The van der Waals surface area contributed by atoms with Gasteiger partial charge in [-0.1, -0.05) is 37.6 Å².